The maximum absolute atomic E-state index is 6.05. The third-order valence-corrected chi connectivity index (χ3v) is 4.10. The molecule has 0 aliphatic heterocycles. The minimum absolute atomic E-state index is 0.0781. The summed E-state index contributed by atoms with van der Waals surface area (Å²) in [6, 6.07) is 5.42. The number of halogens is 3. The number of imidazole rings is 1. The van der Waals surface area contributed by atoms with E-state index in [0.717, 1.165) is 5.69 Å². The summed E-state index contributed by atoms with van der Waals surface area (Å²) >= 11 is 15.4. The monoisotopic (exact) mass is 384 g/mol. The fourth-order valence-electron chi connectivity index (χ4n) is 1.61. The minimum atomic E-state index is 0.0781. The summed E-state index contributed by atoms with van der Waals surface area (Å²) in [5.41, 5.74) is 0.723. The SMILES string of the molecule is Clc1nc(Nc2cccc(Cl)c2Br)nc(-n2ccnc2)n1. The second kappa shape index (κ2) is 5.97. The number of hydrogen-bond acceptors (Lipinski definition) is 5. The van der Waals surface area contributed by atoms with Gasteiger partial charge in [-0.05, 0) is 39.7 Å². The van der Waals surface area contributed by atoms with Crippen molar-refractivity contribution in [3.05, 3.63) is 51.7 Å². The molecule has 0 spiro atoms. The predicted octanol–water partition coefficient (Wildman–Crippen LogP) is 3.87. The highest BCUT2D eigenvalue weighted by molar-refractivity contribution is 9.10. The van der Waals surface area contributed by atoms with E-state index in [1.165, 1.54) is 0 Å². The zero-order chi connectivity index (χ0) is 14.8. The van der Waals surface area contributed by atoms with Crippen LogP contribution in [0, 0.1) is 0 Å². The molecule has 2 heterocycles. The van der Waals surface area contributed by atoms with E-state index >= 15 is 0 Å². The lowest BCUT2D eigenvalue weighted by atomic mass is 10.3. The van der Waals surface area contributed by atoms with Crippen molar-refractivity contribution in [3.8, 4) is 5.95 Å². The molecular formula is C12H7BrCl2N6. The largest absolute Gasteiger partial charge is 0.323 e. The fourth-order valence-corrected chi connectivity index (χ4v) is 2.30. The molecule has 0 aliphatic rings. The first-order chi connectivity index (χ1) is 10.1. The maximum Gasteiger partial charge on any atom is 0.241 e. The predicted molar refractivity (Wildman–Crippen MR) is 84.4 cm³/mol. The molecule has 9 heteroatoms. The lowest BCUT2D eigenvalue weighted by Crippen LogP contribution is -2.05. The number of rotatable bonds is 3. The Bertz CT molecular complexity index is 777. The molecule has 1 aromatic carbocycles. The Hall–Kier alpha value is -1.70. The average Bonchev–Trinajstić information content (AvgIpc) is 2.97. The molecule has 1 N–H and O–H groups in total. The van der Waals surface area contributed by atoms with Crippen LogP contribution in [-0.4, -0.2) is 24.5 Å². The Morgan fingerprint density at radius 1 is 1.14 bits per heavy atom. The molecule has 21 heavy (non-hydrogen) atoms. The lowest BCUT2D eigenvalue weighted by molar-refractivity contribution is 0.899. The molecule has 0 atom stereocenters. The van der Waals surface area contributed by atoms with Crippen molar-refractivity contribution in [3.63, 3.8) is 0 Å². The van der Waals surface area contributed by atoms with Gasteiger partial charge in [0.05, 0.1) is 15.2 Å². The van der Waals surface area contributed by atoms with Gasteiger partial charge in [0.1, 0.15) is 6.33 Å². The summed E-state index contributed by atoms with van der Waals surface area (Å²) in [7, 11) is 0. The molecule has 0 amide bonds. The number of anilines is 2. The first kappa shape index (κ1) is 14.2. The van der Waals surface area contributed by atoms with Crippen molar-refractivity contribution in [1.29, 1.82) is 0 Å². The molecule has 2 aromatic heterocycles. The van der Waals surface area contributed by atoms with Crippen LogP contribution in [-0.2, 0) is 0 Å². The molecule has 0 unspecified atom stereocenters. The maximum atomic E-state index is 6.05. The summed E-state index contributed by atoms with van der Waals surface area (Å²) in [5.74, 6) is 0.676. The van der Waals surface area contributed by atoms with E-state index < -0.39 is 0 Å². The summed E-state index contributed by atoms with van der Waals surface area (Å²) in [4.78, 5) is 16.3. The molecule has 0 saturated heterocycles. The number of aromatic nitrogens is 5. The molecule has 3 rings (SSSR count). The number of nitrogens with zero attached hydrogens (tertiary/aromatic N) is 5. The Kier molecular flexibility index (Phi) is 4.05. The second-order valence-corrected chi connectivity index (χ2v) is 5.46. The van der Waals surface area contributed by atoms with Gasteiger partial charge >= 0.3 is 0 Å². The molecule has 0 radical (unpaired) electrons. The van der Waals surface area contributed by atoms with Crippen LogP contribution >= 0.6 is 39.1 Å². The van der Waals surface area contributed by atoms with Crippen molar-refractivity contribution in [2.75, 3.05) is 5.32 Å². The quantitative estimate of drug-likeness (QED) is 0.741. The van der Waals surface area contributed by atoms with Crippen LogP contribution in [0.1, 0.15) is 0 Å². The van der Waals surface area contributed by atoms with E-state index in [1.54, 1.807) is 29.4 Å². The highest BCUT2D eigenvalue weighted by Crippen LogP contribution is 2.31. The Morgan fingerprint density at radius 2 is 2.00 bits per heavy atom. The van der Waals surface area contributed by atoms with Gasteiger partial charge in [0.15, 0.2) is 0 Å². The Morgan fingerprint density at radius 3 is 2.76 bits per heavy atom. The van der Waals surface area contributed by atoms with Crippen LogP contribution in [0.15, 0.2) is 41.4 Å². The van der Waals surface area contributed by atoms with Gasteiger partial charge in [-0.3, -0.25) is 4.57 Å². The van der Waals surface area contributed by atoms with Crippen LogP contribution in [0.2, 0.25) is 10.3 Å². The van der Waals surface area contributed by atoms with Gasteiger partial charge in [-0.2, -0.15) is 15.0 Å². The van der Waals surface area contributed by atoms with Crippen molar-refractivity contribution in [2.45, 2.75) is 0 Å². The molecule has 0 saturated carbocycles. The third kappa shape index (κ3) is 3.15. The van der Waals surface area contributed by atoms with Crippen LogP contribution in [0.3, 0.4) is 0 Å². The second-order valence-electron chi connectivity index (χ2n) is 3.92. The topological polar surface area (TPSA) is 68.5 Å². The molecule has 0 fully saturated rings. The van der Waals surface area contributed by atoms with E-state index in [-0.39, 0.29) is 5.28 Å². The molecule has 0 bridgehead atoms. The average molecular weight is 386 g/mol. The normalized spacial score (nSPS) is 10.6. The zero-order valence-electron chi connectivity index (χ0n) is 10.3. The summed E-state index contributed by atoms with van der Waals surface area (Å²) in [6.07, 6.45) is 4.91. The zero-order valence-corrected chi connectivity index (χ0v) is 13.4. The summed E-state index contributed by atoms with van der Waals surface area (Å²) in [6.45, 7) is 0. The molecule has 3 aromatic rings. The van der Waals surface area contributed by atoms with E-state index in [2.05, 4.69) is 41.2 Å². The first-order valence-electron chi connectivity index (χ1n) is 5.74. The van der Waals surface area contributed by atoms with Gasteiger partial charge in [-0.1, -0.05) is 17.7 Å². The van der Waals surface area contributed by atoms with Gasteiger partial charge in [-0.15, -0.1) is 0 Å². The van der Waals surface area contributed by atoms with Crippen LogP contribution < -0.4 is 5.32 Å². The number of hydrogen-bond donors (Lipinski definition) is 1. The smallest absolute Gasteiger partial charge is 0.241 e. The van der Waals surface area contributed by atoms with Gasteiger partial charge < -0.3 is 5.32 Å². The van der Waals surface area contributed by atoms with Gasteiger partial charge in [0.2, 0.25) is 17.2 Å². The fraction of sp³-hybridized carbons (Fsp3) is 0. The van der Waals surface area contributed by atoms with E-state index in [9.17, 15) is 0 Å². The van der Waals surface area contributed by atoms with E-state index in [1.807, 2.05) is 12.1 Å². The minimum Gasteiger partial charge on any atom is -0.323 e. The van der Waals surface area contributed by atoms with Crippen molar-refractivity contribution in [2.24, 2.45) is 0 Å². The Balaban J connectivity index is 1.98. The third-order valence-electron chi connectivity index (χ3n) is 2.53. The van der Waals surface area contributed by atoms with Crippen molar-refractivity contribution < 1.29 is 0 Å². The molecule has 106 valence electrons. The van der Waals surface area contributed by atoms with Crippen LogP contribution in [0.4, 0.5) is 11.6 Å². The van der Waals surface area contributed by atoms with E-state index in [4.69, 9.17) is 23.2 Å². The number of benzene rings is 1. The standard InChI is InChI=1S/C12H7BrCl2N6/c13-9-7(14)2-1-3-8(9)17-11-18-10(15)19-12(20-11)21-5-4-16-6-21/h1-6H,(H,17,18,19,20). The van der Waals surface area contributed by atoms with Gasteiger partial charge in [0, 0.05) is 12.4 Å². The number of nitrogens with one attached hydrogen (secondary N) is 1. The molecular weight excluding hydrogens is 379 g/mol. The summed E-state index contributed by atoms with van der Waals surface area (Å²) in [5, 5.41) is 3.70. The molecule has 0 aliphatic carbocycles. The highest BCUT2D eigenvalue weighted by Gasteiger charge is 2.09. The van der Waals surface area contributed by atoms with Gasteiger partial charge in [0.25, 0.3) is 0 Å². The molecule has 6 nitrogen and oxygen atoms in total. The van der Waals surface area contributed by atoms with Gasteiger partial charge in [-0.25, -0.2) is 4.98 Å². The van der Waals surface area contributed by atoms with Crippen LogP contribution in [0.5, 0.6) is 0 Å². The van der Waals surface area contributed by atoms with Crippen molar-refractivity contribution >= 4 is 50.8 Å². The first-order valence-corrected chi connectivity index (χ1v) is 7.29. The van der Waals surface area contributed by atoms with Crippen molar-refractivity contribution in [1.82, 2.24) is 24.5 Å². The summed E-state index contributed by atoms with van der Waals surface area (Å²) < 4.78 is 2.35. The highest BCUT2D eigenvalue weighted by atomic mass is 79.9. The Labute approximate surface area is 138 Å². The lowest BCUT2D eigenvalue weighted by Gasteiger charge is -2.09. The van der Waals surface area contributed by atoms with E-state index in [0.29, 0.717) is 21.4 Å². The van der Waals surface area contributed by atoms with Crippen LogP contribution in [0.25, 0.3) is 5.95 Å².